The minimum Gasteiger partial charge on any atom is -0.494 e. The van der Waals surface area contributed by atoms with Gasteiger partial charge in [-0.2, -0.15) is 0 Å². The van der Waals surface area contributed by atoms with Crippen molar-refractivity contribution < 1.29 is 14.3 Å². The Balaban J connectivity index is 0.00000274. The number of hydrogen-bond acceptors (Lipinski definition) is 6. The second-order valence-corrected chi connectivity index (χ2v) is 9.64. The molecular formula is C24H24BrCl2N3O3S. The van der Waals surface area contributed by atoms with Gasteiger partial charge in [-0.05, 0) is 55.7 Å². The average molecular weight is 585 g/mol. The summed E-state index contributed by atoms with van der Waals surface area (Å²) >= 11 is 14.0. The van der Waals surface area contributed by atoms with Gasteiger partial charge in [0.25, 0.3) is 5.91 Å². The maximum Gasteiger partial charge on any atom is 0.265 e. The van der Waals surface area contributed by atoms with Gasteiger partial charge in [0.2, 0.25) is 0 Å². The Bertz CT molecular complexity index is 1130. The smallest absolute Gasteiger partial charge is 0.265 e. The van der Waals surface area contributed by atoms with E-state index >= 15 is 0 Å². The van der Waals surface area contributed by atoms with Crippen molar-refractivity contribution in [3.05, 3.63) is 57.4 Å². The number of nitrogens with zero attached hydrogens (tertiary/aromatic N) is 3. The van der Waals surface area contributed by atoms with Gasteiger partial charge in [0.05, 0.1) is 24.5 Å². The SMILES string of the molecule is Br.O=C1COc2c(C3=CSC4=NCCN34)cc(Cl)cc2N1CCCCCOc1ccc(Cl)cc1. The van der Waals surface area contributed by atoms with Crippen molar-refractivity contribution >= 4 is 74.4 Å². The summed E-state index contributed by atoms with van der Waals surface area (Å²) < 4.78 is 11.7. The summed E-state index contributed by atoms with van der Waals surface area (Å²) in [4.78, 5) is 21.2. The molecule has 34 heavy (non-hydrogen) atoms. The number of fused-ring (bicyclic) bond motifs is 2. The van der Waals surface area contributed by atoms with Crippen LogP contribution in [0, 0.1) is 0 Å². The van der Waals surface area contributed by atoms with Crippen molar-refractivity contribution in [1.29, 1.82) is 0 Å². The number of carbonyl (C=O) groups is 1. The number of carbonyl (C=O) groups excluding carboxylic acids is 1. The van der Waals surface area contributed by atoms with Gasteiger partial charge >= 0.3 is 0 Å². The van der Waals surface area contributed by atoms with Gasteiger partial charge in [0, 0.05) is 34.1 Å². The molecule has 0 bridgehead atoms. The van der Waals surface area contributed by atoms with Crippen molar-refractivity contribution in [2.75, 3.05) is 37.7 Å². The van der Waals surface area contributed by atoms with E-state index in [2.05, 4.69) is 15.3 Å². The van der Waals surface area contributed by atoms with E-state index in [1.54, 1.807) is 16.7 Å². The Hall–Kier alpha value is -1.87. The normalized spacial score (nSPS) is 16.4. The van der Waals surface area contributed by atoms with Crippen LogP contribution in [-0.2, 0) is 4.79 Å². The van der Waals surface area contributed by atoms with E-state index in [4.69, 9.17) is 32.7 Å². The summed E-state index contributed by atoms with van der Waals surface area (Å²) in [5, 5.41) is 4.36. The molecule has 6 nitrogen and oxygen atoms in total. The monoisotopic (exact) mass is 583 g/mol. The van der Waals surface area contributed by atoms with Gasteiger partial charge in [-0.25, -0.2) is 0 Å². The zero-order valence-electron chi connectivity index (χ0n) is 18.3. The maximum absolute atomic E-state index is 12.7. The first-order chi connectivity index (χ1) is 16.1. The largest absolute Gasteiger partial charge is 0.494 e. The molecule has 3 heterocycles. The summed E-state index contributed by atoms with van der Waals surface area (Å²) in [6.45, 7) is 2.89. The number of rotatable bonds is 8. The Kier molecular flexibility index (Phi) is 8.34. The first kappa shape index (κ1) is 25.2. The summed E-state index contributed by atoms with van der Waals surface area (Å²) in [6, 6.07) is 11.1. The quantitative estimate of drug-likeness (QED) is 0.343. The highest BCUT2D eigenvalue weighted by Crippen LogP contribution is 2.45. The Labute approximate surface area is 223 Å². The molecule has 10 heteroatoms. The number of amides is 1. The second-order valence-electron chi connectivity index (χ2n) is 7.94. The lowest BCUT2D eigenvalue weighted by atomic mass is 10.1. The summed E-state index contributed by atoms with van der Waals surface area (Å²) in [5.41, 5.74) is 2.68. The summed E-state index contributed by atoms with van der Waals surface area (Å²) in [6.07, 6.45) is 2.70. The van der Waals surface area contributed by atoms with Gasteiger partial charge < -0.3 is 19.3 Å². The van der Waals surface area contributed by atoms with Crippen LogP contribution in [0.1, 0.15) is 24.8 Å². The molecule has 0 spiro atoms. The molecule has 3 aliphatic rings. The van der Waals surface area contributed by atoms with E-state index in [0.29, 0.717) is 28.9 Å². The lowest BCUT2D eigenvalue weighted by Gasteiger charge is -2.32. The molecule has 2 aromatic carbocycles. The third-order valence-corrected chi connectivity index (χ3v) is 7.09. The third-order valence-electron chi connectivity index (χ3n) is 5.72. The van der Waals surface area contributed by atoms with Crippen LogP contribution in [0.2, 0.25) is 10.0 Å². The first-order valence-corrected chi connectivity index (χ1v) is 12.6. The number of benzene rings is 2. The Morgan fingerprint density at radius 3 is 2.74 bits per heavy atom. The first-order valence-electron chi connectivity index (χ1n) is 10.9. The number of hydrogen-bond donors (Lipinski definition) is 0. The van der Waals surface area contributed by atoms with Gasteiger partial charge in [0.15, 0.2) is 17.5 Å². The van der Waals surface area contributed by atoms with Crippen molar-refractivity contribution in [2.45, 2.75) is 19.3 Å². The lowest BCUT2D eigenvalue weighted by molar-refractivity contribution is -0.121. The molecule has 2 aromatic rings. The Morgan fingerprint density at radius 2 is 1.91 bits per heavy atom. The molecular weight excluding hydrogens is 561 g/mol. The molecule has 0 radical (unpaired) electrons. The van der Waals surface area contributed by atoms with E-state index in [9.17, 15) is 4.79 Å². The van der Waals surface area contributed by atoms with Gasteiger partial charge in [-0.15, -0.1) is 17.0 Å². The minimum absolute atomic E-state index is 0. The van der Waals surface area contributed by atoms with Crippen LogP contribution in [-0.4, -0.2) is 48.8 Å². The van der Waals surface area contributed by atoms with Crippen LogP contribution in [0.4, 0.5) is 5.69 Å². The highest BCUT2D eigenvalue weighted by atomic mass is 79.9. The molecule has 3 aliphatic heterocycles. The molecule has 0 aliphatic carbocycles. The molecule has 0 atom stereocenters. The van der Waals surface area contributed by atoms with Crippen LogP contribution in [0.3, 0.4) is 0 Å². The number of ether oxygens (including phenoxy) is 2. The van der Waals surface area contributed by atoms with Crippen molar-refractivity contribution in [1.82, 2.24) is 4.90 Å². The van der Waals surface area contributed by atoms with Gasteiger partial charge in [0.1, 0.15) is 5.75 Å². The fourth-order valence-electron chi connectivity index (χ4n) is 4.11. The van der Waals surface area contributed by atoms with Crippen LogP contribution in [0.5, 0.6) is 11.5 Å². The fourth-order valence-corrected chi connectivity index (χ4v) is 5.41. The molecule has 0 saturated heterocycles. The van der Waals surface area contributed by atoms with Crippen LogP contribution in [0.25, 0.3) is 5.70 Å². The van der Waals surface area contributed by atoms with E-state index in [1.807, 2.05) is 36.4 Å². The number of aliphatic imine (C=N–C) groups is 1. The van der Waals surface area contributed by atoms with Crippen molar-refractivity contribution in [3.63, 3.8) is 0 Å². The van der Waals surface area contributed by atoms with E-state index in [-0.39, 0.29) is 29.5 Å². The van der Waals surface area contributed by atoms with Gasteiger partial charge in [-0.3, -0.25) is 9.79 Å². The Morgan fingerprint density at radius 1 is 1.09 bits per heavy atom. The molecule has 0 fully saturated rings. The second kappa shape index (κ2) is 11.2. The number of amidine groups is 1. The van der Waals surface area contributed by atoms with Crippen molar-refractivity contribution in [2.24, 2.45) is 4.99 Å². The van der Waals surface area contributed by atoms with E-state index in [0.717, 1.165) is 60.2 Å². The molecule has 5 rings (SSSR count). The van der Waals surface area contributed by atoms with Gasteiger partial charge in [-0.1, -0.05) is 35.0 Å². The minimum atomic E-state index is -0.0497. The number of anilines is 1. The highest BCUT2D eigenvalue weighted by molar-refractivity contribution is 8.93. The summed E-state index contributed by atoms with van der Waals surface area (Å²) in [7, 11) is 0. The molecule has 0 N–H and O–H groups in total. The average Bonchev–Trinajstić information content (AvgIpc) is 3.42. The van der Waals surface area contributed by atoms with E-state index < -0.39 is 0 Å². The predicted octanol–water partition coefficient (Wildman–Crippen LogP) is 6.26. The summed E-state index contributed by atoms with van der Waals surface area (Å²) in [5.74, 6) is 1.47. The third kappa shape index (κ3) is 5.35. The standard InChI is InChI=1S/C24H23Cl2N3O3S.BrH/c25-16-4-6-18(7-5-16)31-11-3-1-2-9-28-20-13-17(26)12-19(23(20)32-14-22(28)30)21-15-33-24-27-8-10-29(21)24;/h4-7,12-13,15H,1-3,8-11,14H2;1H. The van der Waals surface area contributed by atoms with Crippen LogP contribution in [0.15, 0.2) is 46.8 Å². The maximum atomic E-state index is 12.7. The molecule has 1 amide bonds. The molecule has 0 unspecified atom stereocenters. The van der Waals surface area contributed by atoms with Crippen LogP contribution < -0.4 is 14.4 Å². The molecule has 0 aromatic heterocycles. The van der Waals surface area contributed by atoms with E-state index in [1.165, 1.54) is 0 Å². The van der Waals surface area contributed by atoms with Crippen molar-refractivity contribution in [3.8, 4) is 11.5 Å². The topological polar surface area (TPSA) is 54.4 Å². The zero-order valence-corrected chi connectivity index (χ0v) is 22.4. The highest BCUT2D eigenvalue weighted by Gasteiger charge is 2.33. The molecule has 180 valence electrons. The zero-order chi connectivity index (χ0) is 22.8. The predicted molar refractivity (Wildman–Crippen MR) is 145 cm³/mol. The number of thioether (sulfide) groups is 1. The number of halogens is 3. The number of unbranched alkanes of at least 4 members (excludes halogenated alkanes) is 2. The molecule has 0 saturated carbocycles. The van der Waals surface area contributed by atoms with Crippen LogP contribution >= 0.6 is 51.9 Å². The fraction of sp³-hybridized carbons (Fsp3) is 0.333. The lowest BCUT2D eigenvalue weighted by Crippen LogP contribution is -2.40.